The first-order valence-corrected chi connectivity index (χ1v) is 7.18. The molecule has 100 valence electrons. The molecule has 0 bridgehead atoms. The molecule has 0 spiro atoms. The van der Waals surface area contributed by atoms with Crippen LogP contribution in [0.2, 0.25) is 5.02 Å². The summed E-state index contributed by atoms with van der Waals surface area (Å²) in [5.74, 6) is 1.41. The average molecular weight is 341 g/mol. The molecule has 0 aliphatic carbocycles. The molecule has 0 aromatic heterocycles. The van der Waals surface area contributed by atoms with E-state index >= 15 is 0 Å². The Morgan fingerprint density at radius 1 is 1.21 bits per heavy atom. The first-order chi connectivity index (χ1) is 9.11. The van der Waals surface area contributed by atoms with E-state index in [1.807, 2.05) is 49.5 Å². The number of rotatable bonds is 4. The lowest BCUT2D eigenvalue weighted by molar-refractivity contribution is 0.482. The van der Waals surface area contributed by atoms with Gasteiger partial charge in [-0.2, -0.15) is 0 Å². The third-order valence-corrected chi connectivity index (χ3v) is 3.93. The second-order valence-corrected chi connectivity index (χ2v) is 5.49. The molecule has 2 aromatic rings. The zero-order chi connectivity index (χ0) is 13.8. The van der Waals surface area contributed by atoms with E-state index in [1.165, 1.54) is 5.56 Å². The Balaban J connectivity index is 2.24. The van der Waals surface area contributed by atoms with Gasteiger partial charge in [-0.25, -0.2) is 0 Å². The molecule has 0 saturated carbocycles. The maximum absolute atomic E-state index is 6.07. The standard InChI is InChI=1S/C15H15BrClNO/c1-10(18-2)12-8-7-11(9-13(12)16)19-15-6-4-3-5-14(15)17/h3-10,18H,1-2H3. The molecule has 4 heteroatoms. The second kappa shape index (κ2) is 6.42. The third-order valence-electron chi connectivity index (χ3n) is 2.94. The van der Waals surface area contributed by atoms with Gasteiger partial charge in [0.1, 0.15) is 11.5 Å². The fraction of sp³-hybridized carbons (Fsp3) is 0.200. The van der Waals surface area contributed by atoms with E-state index in [4.69, 9.17) is 16.3 Å². The lowest BCUT2D eigenvalue weighted by Gasteiger charge is -2.14. The Labute approximate surface area is 126 Å². The molecule has 2 aromatic carbocycles. The summed E-state index contributed by atoms with van der Waals surface area (Å²) in [7, 11) is 1.94. The van der Waals surface area contributed by atoms with Gasteiger partial charge in [0, 0.05) is 10.5 Å². The lowest BCUT2D eigenvalue weighted by Crippen LogP contribution is -2.12. The number of nitrogens with one attached hydrogen (secondary N) is 1. The lowest BCUT2D eigenvalue weighted by atomic mass is 10.1. The van der Waals surface area contributed by atoms with E-state index in [-0.39, 0.29) is 6.04 Å². The van der Waals surface area contributed by atoms with E-state index in [0.717, 1.165) is 10.2 Å². The van der Waals surface area contributed by atoms with Crippen molar-refractivity contribution in [2.24, 2.45) is 0 Å². The van der Waals surface area contributed by atoms with Crippen molar-refractivity contribution < 1.29 is 4.74 Å². The molecule has 1 unspecified atom stereocenters. The Hall–Kier alpha value is -1.03. The molecule has 0 radical (unpaired) electrons. The van der Waals surface area contributed by atoms with Crippen LogP contribution in [0.4, 0.5) is 0 Å². The minimum Gasteiger partial charge on any atom is -0.456 e. The minimum absolute atomic E-state index is 0.281. The van der Waals surface area contributed by atoms with Crippen LogP contribution in [-0.2, 0) is 0 Å². The molecular formula is C15H15BrClNO. The summed E-state index contributed by atoms with van der Waals surface area (Å²) in [5.41, 5.74) is 1.19. The van der Waals surface area contributed by atoms with Crippen LogP contribution in [-0.4, -0.2) is 7.05 Å². The highest BCUT2D eigenvalue weighted by Crippen LogP contribution is 2.32. The van der Waals surface area contributed by atoms with Crippen molar-refractivity contribution in [2.45, 2.75) is 13.0 Å². The minimum atomic E-state index is 0.281. The van der Waals surface area contributed by atoms with Gasteiger partial charge in [-0.15, -0.1) is 0 Å². The highest BCUT2D eigenvalue weighted by Gasteiger charge is 2.09. The zero-order valence-electron chi connectivity index (χ0n) is 10.8. The van der Waals surface area contributed by atoms with Crippen LogP contribution < -0.4 is 10.1 Å². The van der Waals surface area contributed by atoms with Crippen molar-refractivity contribution in [3.05, 3.63) is 57.5 Å². The van der Waals surface area contributed by atoms with Gasteiger partial charge >= 0.3 is 0 Å². The summed E-state index contributed by atoms with van der Waals surface area (Å²) in [6.07, 6.45) is 0. The normalized spacial score (nSPS) is 12.2. The number of ether oxygens (including phenoxy) is 1. The number of hydrogen-bond acceptors (Lipinski definition) is 2. The van der Waals surface area contributed by atoms with Gasteiger partial charge in [0.05, 0.1) is 5.02 Å². The van der Waals surface area contributed by atoms with Crippen molar-refractivity contribution in [3.63, 3.8) is 0 Å². The predicted octanol–water partition coefficient (Wildman–Crippen LogP) is 5.18. The van der Waals surface area contributed by atoms with Crippen LogP contribution >= 0.6 is 27.5 Å². The summed E-state index contributed by atoms with van der Waals surface area (Å²) in [4.78, 5) is 0. The van der Waals surface area contributed by atoms with Crippen molar-refractivity contribution in [1.29, 1.82) is 0 Å². The molecule has 0 heterocycles. The Morgan fingerprint density at radius 3 is 2.58 bits per heavy atom. The van der Waals surface area contributed by atoms with Crippen LogP contribution in [0.5, 0.6) is 11.5 Å². The van der Waals surface area contributed by atoms with Gasteiger partial charge in [0.2, 0.25) is 0 Å². The molecule has 19 heavy (non-hydrogen) atoms. The van der Waals surface area contributed by atoms with E-state index in [9.17, 15) is 0 Å². The number of benzene rings is 2. The highest BCUT2D eigenvalue weighted by molar-refractivity contribution is 9.10. The fourth-order valence-electron chi connectivity index (χ4n) is 1.73. The van der Waals surface area contributed by atoms with Gasteiger partial charge in [0.15, 0.2) is 0 Å². The van der Waals surface area contributed by atoms with Gasteiger partial charge in [-0.3, -0.25) is 0 Å². The number of para-hydroxylation sites is 1. The third kappa shape index (κ3) is 3.50. The van der Waals surface area contributed by atoms with Crippen LogP contribution in [0.25, 0.3) is 0 Å². The highest BCUT2D eigenvalue weighted by atomic mass is 79.9. The number of halogens is 2. The first-order valence-electron chi connectivity index (χ1n) is 6.01. The molecule has 0 aliphatic heterocycles. The largest absolute Gasteiger partial charge is 0.456 e. The molecule has 0 amide bonds. The Morgan fingerprint density at radius 2 is 1.95 bits per heavy atom. The summed E-state index contributed by atoms with van der Waals surface area (Å²) < 4.78 is 6.79. The van der Waals surface area contributed by atoms with Crippen molar-refractivity contribution in [3.8, 4) is 11.5 Å². The van der Waals surface area contributed by atoms with Crippen molar-refractivity contribution in [2.75, 3.05) is 7.05 Å². The quantitative estimate of drug-likeness (QED) is 0.828. The van der Waals surface area contributed by atoms with Gasteiger partial charge in [-0.1, -0.05) is 45.7 Å². The van der Waals surface area contributed by atoms with Crippen molar-refractivity contribution in [1.82, 2.24) is 5.32 Å². The SMILES string of the molecule is CNC(C)c1ccc(Oc2ccccc2Cl)cc1Br. The molecule has 1 atom stereocenters. The van der Waals surface area contributed by atoms with Gasteiger partial charge in [-0.05, 0) is 43.8 Å². The Kier molecular flexibility index (Phi) is 4.86. The first kappa shape index (κ1) is 14.4. The van der Waals surface area contributed by atoms with Gasteiger partial charge < -0.3 is 10.1 Å². The fourth-order valence-corrected chi connectivity index (χ4v) is 2.61. The van der Waals surface area contributed by atoms with Crippen LogP contribution in [0.3, 0.4) is 0 Å². The topological polar surface area (TPSA) is 21.3 Å². The molecule has 2 nitrogen and oxygen atoms in total. The zero-order valence-corrected chi connectivity index (χ0v) is 13.1. The molecule has 0 saturated heterocycles. The molecule has 1 N–H and O–H groups in total. The van der Waals surface area contributed by atoms with E-state index in [0.29, 0.717) is 10.8 Å². The average Bonchev–Trinajstić information content (AvgIpc) is 2.41. The monoisotopic (exact) mass is 339 g/mol. The van der Waals surface area contributed by atoms with Crippen LogP contribution in [0.15, 0.2) is 46.9 Å². The summed E-state index contributed by atoms with van der Waals surface area (Å²) in [5, 5.41) is 3.81. The van der Waals surface area contributed by atoms with E-state index < -0.39 is 0 Å². The Bertz CT molecular complexity index is 574. The van der Waals surface area contributed by atoms with Gasteiger partial charge in [0.25, 0.3) is 0 Å². The molecule has 0 aliphatic rings. The van der Waals surface area contributed by atoms with Crippen molar-refractivity contribution >= 4 is 27.5 Å². The smallest absolute Gasteiger partial charge is 0.146 e. The van der Waals surface area contributed by atoms with Crippen LogP contribution in [0.1, 0.15) is 18.5 Å². The maximum Gasteiger partial charge on any atom is 0.146 e. The summed E-state index contributed by atoms with van der Waals surface area (Å²) in [6, 6.07) is 13.6. The van der Waals surface area contributed by atoms with E-state index in [2.05, 4.69) is 28.2 Å². The molecule has 2 rings (SSSR count). The molecule has 0 fully saturated rings. The second-order valence-electron chi connectivity index (χ2n) is 4.23. The predicted molar refractivity (Wildman–Crippen MR) is 83.1 cm³/mol. The summed E-state index contributed by atoms with van der Waals surface area (Å²) >= 11 is 9.64. The molecular weight excluding hydrogens is 326 g/mol. The summed E-state index contributed by atoms with van der Waals surface area (Å²) in [6.45, 7) is 2.11. The van der Waals surface area contributed by atoms with Crippen LogP contribution in [0, 0.1) is 0 Å². The number of hydrogen-bond donors (Lipinski definition) is 1. The maximum atomic E-state index is 6.07. The van der Waals surface area contributed by atoms with E-state index in [1.54, 1.807) is 0 Å².